The Morgan fingerprint density at radius 1 is 0.542 bits per heavy atom. The van der Waals surface area contributed by atoms with Gasteiger partial charge in [-0.3, -0.25) is 0 Å². The van der Waals surface area contributed by atoms with Gasteiger partial charge in [0.1, 0.15) is 11.2 Å². The van der Waals surface area contributed by atoms with Gasteiger partial charge in [-0.1, -0.05) is 36.4 Å². The number of benzene rings is 4. The number of rotatable bonds is 0. The molecule has 0 radical (unpaired) electrons. The minimum atomic E-state index is 0.970. The molecular weight excluding hydrogens is 294 g/mol. The largest absolute Gasteiger partial charge is 0.456 e. The second-order valence-electron chi connectivity index (χ2n) is 6.66. The first-order chi connectivity index (χ1) is 11.9. The smallest absolute Gasteiger partial charge is 0.136 e. The van der Waals surface area contributed by atoms with Crippen molar-refractivity contribution >= 4 is 54.5 Å². The van der Waals surface area contributed by atoms with Crippen LogP contribution in [0.15, 0.2) is 65.1 Å². The summed E-state index contributed by atoms with van der Waals surface area (Å²) in [7, 11) is 0. The van der Waals surface area contributed by atoms with E-state index >= 15 is 0 Å². The van der Waals surface area contributed by atoms with Crippen molar-refractivity contribution in [1.29, 1.82) is 0 Å². The Morgan fingerprint density at radius 2 is 1.29 bits per heavy atom. The van der Waals surface area contributed by atoms with Gasteiger partial charge in [-0.05, 0) is 40.8 Å². The molecule has 0 saturated heterocycles. The maximum atomic E-state index is 6.18. The molecule has 24 heavy (non-hydrogen) atoms. The third-order valence-corrected chi connectivity index (χ3v) is 5.52. The summed E-state index contributed by atoms with van der Waals surface area (Å²) >= 11 is 0. The Balaban J connectivity index is 2.06. The lowest BCUT2D eigenvalue weighted by molar-refractivity contribution is 0.669. The van der Waals surface area contributed by atoms with Gasteiger partial charge >= 0.3 is 0 Å². The van der Waals surface area contributed by atoms with E-state index in [2.05, 4.69) is 65.6 Å². The van der Waals surface area contributed by atoms with Crippen LogP contribution in [0.5, 0.6) is 0 Å². The molecular formula is C22H11NO. The first kappa shape index (κ1) is 11.3. The zero-order valence-corrected chi connectivity index (χ0v) is 12.7. The summed E-state index contributed by atoms with van der Waals surface area (Å²) in [5.41, 5.74) is 6.89. The number of furan rings is 1. The molecule has 1 aliphatic carbocycles. The highest BCUT2D eigenvalue weighted by atomic mass is 16.3. The zero-order chi connectivity index (χ0) is 15.4. The Kier molecular flexibility index (Phi) is 1.63. The molecule has 2 heteroatoms. The SMILES string of the molecule is c1cc2c3c(c1)[nH]c1ccc4ccc5oc6cccc-2c6c5c4c13. The zero-order valence-electron chi connectivity index (χ0n) is 12.7. The molecule has 0 unspecified atom stereocenters. The van der Waals surface area contributed by atoms with Crippen LogP contribution in [0.25, 0.3) is 65.6 Å². The van der Waals surface area contributed by atoms with Crippen LogP contribution in [0, 0.1) is 0 Å². The van der Waals surface area contributed by atoms with Crippen molar-refractivity contribution < 1.29 is 4.42 Å². The van der Waals surface area contributed by atoms with E-state index in [1.807, 2.05) is 0 Å². The molecule has 0 spiro atoms. The van der Waals surface area contributed by atoms with Crippen LogP contribution in [0.1, 0.15) is 0 Å². The second-order valence-corrected chi connectivity index (χ2v) is 6.66. The molecule has 6 aromatic rings. The van der Waals surface area contributed by atoms with Crippen molar-refractivity contribution in [2.75, 3.05) is 0 Å². The lowest BCUT2D eigenvalue weighted by atomic mass is 9.98. The number of aromatic amines is 1. The molecule has 2 heterocycles. The van der Waals surface area contributed by atoms with Crippen LogP contribution in [0.2, 0.25) is 0 Å². The highest BCUT2D eigenvalue weighted by Gasteiger charge is 2.23. The molecule has 0 fully saturated rings. The van der Waals surface area contributed by atoms with Crippen molar-refractivity contribution in [1.82, 2.24) is 4.98 Å². The van der Waals surface area contributed by atoms with Gasteiger partial charge in [-0.25, -0.2) is 0 Å². The molecule has 7 rings (SSSR count). The van der Waals surface area contributed by atoms with Crippen molar-refractivity contribution in [3.05, 3.63) is 60.7 Å². The van der Waals surface area contributed by atoms with E-state index in [-0.39, 0.29) is 0 Å². The topological polar surface area (TPSA) is 28.9 Å². The fourth-order valence-electron chi connectivity index (χ4n) is 4.61. The van der Waals surface area contributed by atoms with E-state index in [1.165, 1.54) is 54.5 Å². The number of hydrogen-bond acceptors (Lipinski definition) is 1. The monoisotopic (exact) mass is 305 g/mol. The van der Waals surface area contributed by atoms with Crippen LogP contribution >= 0.6 is 0 Å². The van der Waals surface area contributed by atoms with Gasteiger partial charge in [0.25, 0.3) is 0 Å². The van der Waals surface area contributed by atoms with Crippen molar-refractivity contribution in [2.24, 2.45) is 0 Å². The van der Waals surface area contributed by atoms with Gasteiger partial charge in [0, 0.05) is 38.0 Å². The fourth-order valence-corrected chi connectivity index (χ4v) is 4.61. The lowest BCUT2D eigenvalue weighted by Crippen LogP contribution is -1.79. The van der Waals surface area contributed by atoms with E-state index in [9.17, 15) is 0 Å². The number of hydrogen-bond donors (Lipinski definition) is 1. The molecule has 4 aromatic carbocycles. The molecule has 1 N–H and O–H groups in total. The molecule has 0 atom stereocenters. The molecule has 2 aromatic heterocycles. The summed E-state index contributed by atoms with van der Waals surface area (Å²) in [4.78, 5) is 3.60. The predicted octanol–water partition coefficient (Wildman–Crippen LogP) is 6.35. The quantitative estimate of drug-likeness (QED) is 0.347. The summed E-state index contributed by atoms with van der Waals surface area (Å²) in [6.07, 6.45) is 0. The van der Waals surface area contributed by atoms with Crippen LogP contribution in [0.3, 0.4) is 0 Å². The number of fused-ring (bicyclic) bond motifs is 1. The van der Waals surface area contributed by atoms with E-state index in [0.29, 0.717) is 0 Å². The van der Waals surface area contributed by atoms with Gasteiger partial charge in [0.2, 0.25) is 0 Å². The molecule has 0 bridgehead atoms. The molecule has 0 amide bonds. The average Bonchev–Trinajstić information content (AvgIpc) is 3.14. The molecule has 110 valence electrons. The number of aromatic nitrogens is 1. The third kappa shape index (κ3) is 1.06. The predicted molar refractivity (Wildman–Crippen MR) is 99.6 cm³/mol. The third-order valence-electron chi connectivity index (χ3n) is 5.52. The fraction of sp³-hybridized carbons (Fsp3) is 0. The Morgan fingerprint density at radius 3 is 2.25 bits per heavy atom. The Bertz CT molecular complexity index is 1390. The van der Waals surface area contributed by atoms with E-state index in [0.717, 1.165) is 11.2 Å². The highest BCUT2D eigenvalue weighted by molar-refractivity contribution is 6.37. The Labute approximate surface area is 136 Å². The van der Waals surface area contributed by atoms with Crippen LogP contribution in [-0.2, 0) is 0 Å². The molecule has 0 aliphatic heterocycles. The van der Waals surface area contributed by atoms with Crippen LogP contribution < -0.4 is 0 Å². The summed E-state index contributed by atoms with van der Waals surface area (Å²) in [5, 5.41) is 7.73. The molecule has 2 nitrogen and oxygen atoms in total. The second kappa shape index (κ2) is 3.46. The first-order valence-electron chi connectivity index (χ1n) is 8.22. The van der Waals surface area contributed by atoms with Crippen molar-refractivity contribution in [2.45, 2.75) is 0 Å². The van der Waals surface area contributed by atoms with Crippen LogP contribution in [-0.4, -0.2) is 4.98 Å². The summed E-state index contributed by atoms with van der Waals surface area (Å²) in [6.45, 7) is 0. The number of H-pyrrole nitrogens is 1. The maximum absolute atomic E-state index is 6.18. The summed E-state index contributed by atoms with van der Waals surface area (Å²) < 4.78 is 6.18. The summed E-state index contributed by atoms with van der Waals surface area (Å²) in [6, 6.07) is 21.6. The number of nitrogens with one attached hydrogen (secondary N) is 1. The normalized spacial score (nSPS) is 13.0. The minimum Gasteiger partial charge on any atom is -0.456 e. The maximum Gasteiger partial charge on any atom is 0.136 e. The molecule has 0 saturated carbocycles. The average molecular weight is 305 g/mol. The van der Waals surface area contributed by atoms with Crippen molar-refractivity contribution in [3.8, 4) is 11.1 Å². The van der Waals surface area contributed by atoms with Crippen LogP contribution in [0.4, 0.5) is 0 Å². The molecule has 1 aliphatic rings. The summed E-state index contributed by atoms with van der Waals surface area (Å²) in [5.74, 6) is 0. The van der Waals surface area contributed by atoms with Gasteiger partial charge < -0.3 is 9.40 Å². The lowest BCUT2D eigenvalue weighted by Gasteiger charge is -2.04. The van der Waals surface area contributed by atoms with Gasteiger partial charge in [0.05, 0.1) is 0 Å². The van der Waals surface area contributed by atoms with E-state index in [1.54, 1.807) is 0 Å². The van der Waals surface area contributed by atoms with E-state index in [4.69, 9.17) is 4.42 Å². The van der Waals surface area contributed by atoms with E-state index < -0.39 is 0 Å². The van der Waals surface area contributed by atoms with Gasteiger partial charge in [0.15, 0.2) is 0 Å². The highest BCUT2D eigenvalue weighted by Crippen LogP contribution is 2.48. The Hall–Kier alpha value is -3.26. The first-order valence-corrected chi connectivity index (χ1v) is 8.22. The van der Waals surface area contributed by atoms with Gasteiger partial charge in [-0.2, -0.15) is 0 Å². The van der Waals surface area contributed by atoms with Gasteiger partial charge in [-0.15, -0.1) is 0 Å². The minimum absolute atomic E-state index is 0.970. The van der Waals surface area contributed by atoms with Crippen molar-refractivity contribution in [3.63, 3.8) is 0 Å². The standard InChI is InChI=1S/C22H11NO/c1-3-12-13-4-2-6-16-20(13)22-17(24-16)10-8-11-7-9-15-21(18(11)22)19(12)14(5-1)23-15/h1-10,23H.